The molecule has 2 N–H and O–H groups in total. The summed E-state index contributed by atoms with van der Waals surface area (Å²) in [6.07, 6.45) is -11.9. The third-order valence-electron chi connectivity index (χ3n) is 6.56. The van der Waals surface area contributed by atoms with Crippen molar-refractivity contribution in [2.75, 3.05) is 19.0 Å². The molecular weight excluding hydrogens is 440 g/mol. The molecule has 2 aliphatic heterocycles. The Morgan fingerprint density at radius 2 is 1.72 bits per heavy atom. The zero-order valence-electron chi connectivity index (χ0n) is 17.4. The van der Waals surface area contributed by atoms with Crippen LogP contribution >= 0.6 is 0 Å². The summed E-state index contributed by atoms with van der Waals surface area (Å²) in [5, 5.41) is 13.1. The second-order valence-corrected chi connectivity index (χ2v) is 8.61. The van der Waals surface area contributed by atoms with Crippen LogP contribution in [-0.4, -0.2) is 31.2 Å². The van der Waals surface area contributed by atoms with Gasteiger partial charge in [-0.2, -0.15) is 26.3 Å². The standard InChI is InChI=1S/C22H21F6NO3/c1-19(2)13-9-11(20(30,21(23,24)25)22(26,27)28)7-8-15(13)29-17-12-5-4-6-16(31-3)18(12)32-10-14(17)19/h4-9,14,17,29-30H,10H2,1-3H3. The number of aliphatic hydroxyl groups is 1. The van der Waals surface area contributed by atoms with Gasteiger partial charge in [-0.15, -0.1) is 0 Å². The normalized spacial score (nSPS) is 22.1. The lowest BCUT2D eigenvalue weighted by molar-refractivity contribution is -0.376. The van der Waals surface area contributed by atoms with E-state index >= 15 is 0 Å². The van der Waals surface area contributed by atoms with Gasteiger partial charge in [0.1, 0.15) is 0 Å². The third-order valence-corrected chi connectivity index (χ3v) is 6.56. The molecule has 2 unspecified atom stereocenters. The number of anilines is 1. The van der Waals surface area contributed by atoms with Gasteiger partial charge in [0.15, 0.2) is 11.5 Å². The van der Waals surface area contributed by atoms with Gasteiger partial charge in [-0.05, 0) is 23.8 Å². The van der Waals surface area contributed by atoms with Crippen LogP contribution < -0.4 is 14.8 Å². The van der Waals surface area contributed by atoms with E-state index in [1.54, 1.807) is 26.0 Å². The van der Waals surface area contributed by atoms with E-state index in [1.807, 2.05) is 6.07 Å². The maximum atomic E-state index is 13.4. The monoisotopic (exact) mass is 461 g/mol. The van der Waals surface area contributed by atoms with Gasteiger partial charge in [-0.3, -0.25) is 0 Å². The molecule has 0 bridgehead atoms. The molecule has 0 fully saturated rings. The molecule has 32 heavy (non-hydrogen) atoms. The van der Waals surface area contributed by atoms with Gasteiger partial charge in [-0.1, -0.05) is 32.0 Å². The van der Waals surface area contributed by atoms with Crippen molar-refractivity contribution in [3.8, 4) is 11.5 Å². The molecule has 0 radical (unpaired) electrons. The van der Waals surface area contributed by atoms with Crippen molar-refractivity contribution < 1.29 is 40.9 Å². The van der Waals surface area contributed by atoms with Gasteiger partial charge in [0.05, 0.1) is 19.8 Å². The Morgan fingerprint density at radius 3 is 2.31 bits per heavy atom. The van der Waals surface area contributed by atoms with Gasteiger partial charge in [-0.25, -0.2) is 0 Å². The molecule has 0 amide bonds. The van der Waals surface area contributed by atoms with E-state index in [0.29, 0.717) is 23.3 Å². The largest absolute Gasteiger partial charge is 0.493 e. The first kappa shape index (κ1) is 22.6. The highest BCUT2D eigenvalue weighted by molar-refractivity contribution is 5.63. The van der Waals surface area contributed by atoms with Crippen LogP contribution in [0.5, 0.6) is 11.5 Å². The van der Waals surface area contributed by atoms with Crippen LogP contribution in [0.4, 0.5) is 32.0 Å². The topological polar surface area (TPSA) is 50.7 Å². The lowest BCUT2D eigenvalue weighted by Gasteiger charge is -2.49. The van der Waals surface area contributed by atoms with E-state index in [4.69, 9.17) is 9.47 Å². The summed E-state index contributed by atoms with van der Waals surface area (Å²) in [7, 11) is 1.50. The number of benzene rings is 2. The summed E-state index contributed by atoms with van der Waals surface area (Å²) in [4.78, 5) is 0. The van der Waals surface area contributed by atoms with Gasteiger partial charge in [0, 0.05) is 28.1 Å². The van der Waals surface area contributed by atoms with Crippen molar-refractivity contribution in [2.24, 2.45) is 5.92 Å². The average Bonchev–Trinajstić information content (AvgIpc) is 2.70. The fourth-order valence-corrected chi connectivity index (χ4v) is 4.67. The summed E-state index contributed by atoms with van der Waals surface area (Å²) < 4.78 is 91.6. The number of ether oxygens (including phenoxy) is 2. The van der Waals surface area contributed by atoms with Crippen LogP contribution in [0.3, 0.4) is 0 Å². The summed E-state index contributed by atoms with van der Waals surface area (Å²) >= 11 is 0. The van der Waals surface area contributed by atoms with Crippen molar-refractivity contribution in [2.45, 2.75) is 43.3 Å². The zero-order chi connectivity index (χ0) is 23.7. The number of nitrogens with one attached hydrogen (secondary N) is 1. The van der Waals surface area contributed by atoms with Crippen molar-refractivity contribution in [3.63, 3.8) is 0 Å². The van der Waals surface area contributed by atoms with Crippen LogP contribution in [0, 0.1) is 5.92 Å². The second-order valence-electron chi connectivity index (χ2n) is 8.61. The van der Waals surface area contributed by atoms with Crippen LogP contribution in [0.2, 0.25) is 0 Å². The summed E-state index contributed by atoms with van der Waals surface area (Å²) in [5.74, 6) is 0.764. The summed E-state index contributed by atoms with van der Waals surface area (Å²) in [6.45, 7) is 3.65. The molecule has 2 aromatic rings. The van der Waals surface area contributed by atoms with E-state index in [-0.39, 0.29) is 24.1 Å². The maximum Gasteiger partial charge on any atom is 0.430 e. The SMILES string of the molecule is COc1cccc2c1OCC1C2Nc2ccc(C(O)(C(F)(F)F)C(F)(F)F)cc2C1(C)C. The van der Waals surface area contributed by atoms with E-state index in [0.717, 1.165) is 17.7 Å². The van der Waals surface area contributed by atoms with E-state index < -0.39 is 28.9 Å². The predicted molar refractivity (Wildman–Crippen MR) is 104 cm³/mol. The maximum absolute atomic E-state index is 13.4. The predicted octanol–water partition coefficient (Wildman–Crippen LogP) is 5.46. The average molecular weight is 461 g/mol. The quantitative estimate of drug-likeness (QED) is 0.584. The van der Waals surface area contributed by atoms with Crippen LogP contribution in [0.1, 0.15) is 36.6 Å². The Labute approximate surface area is 180 Å². The second kappa shape index (κ2) is 6.94. The number of alkyl halides is 6. The fourth-order valence-electron chi connectivity index (χ4n) is 4.67. The van der Waals surface area contributed by atoms with Gasteiger partial charge in [0.2, 0.25) is 0 Å². The molecule has 0 saturated heterocycles. The molecular formula is C22H21F6NO3. The van der Waals surface area contributed by atoms with Crippen LogP contribution in [-0.2, 0) is 11.0 Å². The lowest BCUT2D eigenvalue weighted by atomic mass is 9.64. The highest BCUT2D eigenvalue weighted by Crippen LogP contribution is 2.56. The molecule has 0 aromatic heterocycles. The molecule has 0 spiro atoms. The van der Waals surface area contributed by atoms with Crippen LogP contribution in [0.15, 0.2) is 36.4 Å². The fraction of sp³-hybridized carbons (Fsp3) is 0.455. The molecule has 2 aliphatic rings. The Bertz CT molecular complexity index is 1030. The first-order valence-electron chi connectivity index (χ1n) is 9.80. The number of hydrogen-bond acceptors (Lipinski definition) is 4. The van der Waals surface area contributed by atoms with Gasteiger partial charge < -0.3 is 19.9 Å². The minimum Gasteiger partial charge on any atom is -0.493 e. The molecule has 0 aliphatic carbocycles. The zero-order valence-corrected chi connectivity index (χ0v) is 17.4. The number of para-hydroxylation sites is 1. The highest BCUT2D eigenvalue weighted by atomic mass is 19.4. The first-order valence-corrected chi connectivity index (χ1v) is 9.80. The molecule has 2 heterocycles. The van der Waals surface area contributed by atoms with Crippen molar-refractivity contribution in [1.29, 1.82) is 0 Å². The molecule has 0 saturated carbocycles. The Hall–Kier alpha value is -2.62. The van der Waals surface area contributed by atoms with Gasteiger partial charge in [0.25, 0.3) is 5.60 Å². The lowest BCUT2D eigenvalue weighted by Crippen LogP contribution is -2.54. The highest BCUT2D eigenvalue weighted by Gasteiger charge is 2.71. The smallest absolute Gasteiger partial charge is 0.430 e. The minimum atomic E-state index is -5.95. The van der Waals surface area contributed by atoms with Crippen molar-refractivity contribution in [3.05, 3.63) is 53.1 Å². The first-order chi connectivity index (χ1) is 14.7. The summed E-state index contributed by atoms with van der Waals surface area (Å²) in [5.41, 5.74) is -5.72. The number of fused-ring (bicyclic) bond motifs is 4. The van der Waals surface area contributed by atoms with Crippen LogP contribution in [0.25, 0.3) is 0 Å². The molecule has 4 nitrogen and oxygen atoms in total. The van der Waals surface area contributed by atoms with Crippen molar-refractivity contribution in [1.82, 2.24) is 0 Å². The number of rotatable bonds is 2. The molecule has 4 rings (SSSR count). The van der Waals surface area contributed by atoms with Gasteiger partial charge >= 0.3 is 12.4 Å². The molecule has 174 valence electrons. The Kier molecular flexibility index (Phi) is 4.89. The number of methoxy groups -OCH3 is 1. The summed E-state index contributed by atoms with van der Waals surface area (Å²) in [6, 6.07) is 7.66. The van der Waals surface area contributed by atoms with E-state index in [9.17, 15) is 31.4 Å². The molecule has 2 atom stereocenters. The molecule has 2 aromatic carbocycles. The number of halogens is 6. The van der Waals surface area contributed by atoms with E-state index in [2.05, 4.69) is 5.32 Å². The Morgan fingerprint density at radius 1 is 1.06 bits per heavy atom. The third kappa shape index (κ3) is 3.02. The molecule has 10 heteroatoms. The van der Waals surface area contributed by atoms with Crippen molar-refractivity contribution >= 4 is 5.69 Å². The number of hydrogen-bond donors (Lipinski definition) is 2. The van der Waals surface area contributed by atoms with E-state index in [1.165, 1.54) is 7.11 Å². The Balaban J connectivity index is 1.85. The minimum absolute atomic E-state index is 0.171.